The third-order valence-electron chi connectivity index (χ3n) is 3.54. The fraction of sp³-hybridized carbons (Fsp3) is 0.833. The van der Waals surface area contributed by atoms with Crippen molar-refractivity contribution in [1.82, 2.24) is 4.90 Å². The number of carbonyl (C=O) groups excluding carboxylic acids is 1. The molecule has 1 N–H and O–H groups in total. The molecule has 0 radical (unpaired) electrons. The maximum absolute atomic E-state index is 12.1. The molecule has 0 bridgehead atoms. The van der Waals surface area contributed by atoms with Crippen molar-refractivity contribution in [2.24, 2.45) is 5.92 Å². The fourth-order valence-corrected chi connectivity index (χ4v) is 2.52. The largest absolute Gasteiger partial charge is 0.481 e. The summed E-state index contributed by atoms with van der Waals surface area (Å²) in [5.74, 6) is -1.22. The lowest BCUT2D eigenvalue weighted by molar-refractivity contribution is -0.152. The Kier molecular flexibility index (Phi) is 3.99. The highest BCUT2D eigenvalue weighted by atomic mass is 16.5. The Morgan fingerprint density at radius 3 is 2.65 bits per heavy atom. The second-order valence-electron chi connectivity index (χ2n) is 4.82. The summed E-state index contributed by atoms with van der Waals surface area (Å²) in [5.41, 5.74) is 0. The van der Waals surface area contributed by atoms with E-state index in [2.05, 4.69) is 0 Å². The van der Waals surface area contributed by atoms with Crippen LogP contribution in [0, 0.1) is 5.92 Å². The molecular formula is C12H19NO4. The van der Waals surface area contributed by atoms with Crippen LogP contribution in [0.4, 0.5) is 0 Å². The molecule has 0 saturated carbocycles. The van der Waals surface area contributed by atoms with Gasteiger partial charge in [0.15, 0.2) is 0 Å². The van der Waals surface area contributed by atoms with Crippen LogP contribution in [0.1, 0.15) is 32.1 Å². The molecule has 2 fully saturated rings. The Labute approximate surface area is 101 Å². The maximum atomic E-state index is 12.1. The highest BCUT2D eigenvalue weighted by Gasteiger charge is 2.32. The first-order chi connectivity index (χ1) is 8.18. The van der Waals surface area contributed by atoms with Gasteiger partial charge in [0.05, 0.1) is 5.92 Å². The third-order valence-corrected chi connectivity index (χ3v) is 3.54. The molecule has 2 saturated heterocycles. The van der Waals surface area contributed by atoms with Crippen LogP contribution in [-0.4, -0.2) is 47.7 Å². The van der Waals surface area contributed by atoms with Crippen molar-refractivity contribution >= 4 is 11.9 Å². The van der Waals surface area contributed by atoms with Crippen LogP contribution in [0.3, 0.4) is 0 Å². The van der Waals surface area contributed by atoms with Gasteiger partial charge in [0, 0.05) is 19.7 Å². The van der Waals surface area contributed by atoms with Crippen molar-refractivity contribution < 1.29 is 19.4 Å². The van der Waals surface area contributed by atoms with Gasteiger partial charge in [-0.2, -0.15) is 0 Å². The Hall–Kier alpha value is -1.10. The monoisotopic (exact) mass is 241 g/mol. The summed E-state index contributed by atoms with van der Waals surface area (Å²) in [4.78, 5) is 24.7. The molecule has 0 spiro atoms. The number of aliphatic carboxylic acids is 1. The van der Waals surface area contributed by atoms with Crippen LogP contribution in [-0.2, 0) is 14.3 Å². The Morgan fingerprint density at radius 1 is 1.18 bits per heavy atom. The highest BCUT2D eigenvalue weighted by molar-refractivity contribution is 5.82. The van der Waals surface area contributed by atoms with Crippen molar-refractivity contribution in [1.29, 1.82) is 0 Å². The van der Waals surface area contributed by atoms with Gasteiger partial charge in [-0.1, -0.05) is 0 Å². The quantitative estimate of drug-likeness (QED) is 0.779. The standard InChI is InChI=1S/C12H19NO4/c14-11(10-5-1-2-7-17-10)13-6-3-4-9(8-13)12(15)16/h9-10H,1-8H2,(H,15,16)/t9-,10-/m1/s1. The Bertz CT molecular complexity index is 299. The molecule has 2 heterocycles. The molecule has 17 heavy (non-hydrogen) atoms. The molecule has 5 nitrogen and oxygen atoms in total. The van der Waals surface area contributed by atoms with Crippen LogP contribution < -0.4 is 0 Å². The molecule has 1 amide bonds. The minimum absolute atomic E-state index is 0.0179. The van der Waals surface area contributed by atoms with E-state index in [0.29, 0.717) is 26.1 Å². The van der Waals surface area contributed by atoms with Crippen molar-refractivity contribution in [3.63, 3.8) is 0 Å². The maximum Gasteiger partial charge on any atom is 0.308 e. The van der Waals surface area contributed by atoms with Crippen LogP contribution in [0.25, 0.3) is 0 Å². The second-order valence-corrected chi connectivity index (χ2v) is 4.82. The number of likely N-dealkylation sites (tertiary alicyclic amines) is 1. The van der Waals surface area contributed by atoms with E-state index in [1.54, 1.807) is 4.90 Å². The zero-order valence-corrected chi connectivity index (χ0v) is 9.93. The number of carbonyl (C=O) groups is 2. The van der Waals surface area contributed by atoms with E-state index in [1.165, 1.54) is 0 Å². The zero-order chi connectivity index (χ0) is 12.3. The minimum atomic E-state index is -0.799. The second kappa shape index (κ2) is 5.49. The fourth-order valence-electron chi connectivity index (χ4n) is 2.52. The molecule has 2 atom stereocenters. The first kappa shape index (κ1) is 12.4. The van der Waals surface area contributed by atoms with Gasteiger partial charge in [-0.05, 0) is 32.1 Å². The van der Waals surface area contributed by atoms with Crippen molar-refractivity contribution in [2.75, 3.05) is 19.7 Å². The van der Waals surface area contributed by atoms with E-state index in [0.717, 1.165) is 25.7 Å². The lowest BCUT2D eigenvalue weighted by Crippen LogP contribution is -2.47. The van der Waals surface area contributed by atoms with Crippen LogP contribution >= 0.6 is 0 Å². The predicted molar refractivity (Wildman–Crippen MR) is 60.5 cm³/mol. The lowest BCUT2D eigenvalue weighted by atomic mass is 9.97. The van der Waals surface area contributed by atoms with Gasteiger partial charge in [0.2, 0.25) is 0 Å². The molecule has 0 unspecified atom stereocenters. The molecule has 96 valence electrons. The molecule has 2 aliphatic heterocycles. The average Bonchev–Trinajstić information content (AvgIpc) is 2.39. The Morgan fingerprint density at radius 2 is 2.00 bits per heavy atom. The van der Waals surface area contributed by atoms with E-state index in [-0.39, 0.29) is 12.0 Å². The van der Waals surface area contributed by atoms with E-state index >= 15 is 0 Å². The zero-order valence-electron chi connectivity index (χ0n) is 9.93. The summed E-state index contributed by atoms with van der Waals surface area (Å²) in [6.45, 7) is 1.66. The summed E-state index contributed by atoms with van der Waals surface area (Å²) >= 11 is 0. The highest BCUT2D eigenvalue weighted by Crippen LogP contribution is 2.21. The van der Waals surface area contributed by atoms with Gasteiger partial charge in [0.1, 0.15) is 6.10 Å². The number of rotatable bonds is 2. The normalized spacial score (nSPS) is 30.0. The molecule has 0 aromatic rings. The first-order valence-electron chi connectivity index (χ1n) is 6.31. The first-order valence-corrected chi connectivity index (χ1v) is 6.31. The Balaban J connectivity index is 1.91. The van der Waals surface area contributed by atoms with Crippen LogP contribution in [0.5, 0.6) is 0 Å². The molecule has 0 aliphatic carbocycles. The number of amides is 1. The molecular weight excluding hydrogens is 222 g/mol. The number of nitrogens with zero attached hydrogens (tertiary/aromatic N) is 1. The summed E-state index contributed by atoms with van der Waals surface area (Å²) in [6.07, 6.45) is 3.91. The summed E-state index contributed by atoms with van der Waals surface area (Å²) in [5, 5.41) is 8.98. The molecule has 5 heteroatoms. The van der Waals surface area contributed by atoms with Crippen molar-refractivity contribution in [2.45, 2.75) is 38.2 Å². The number of ether oxygens (including phenoxy) is 1. The third kappa shape index (κ3) is 2.97. The molecule has 0 aromatic carbocycles. The molecule has 2 aliphatic rings. The van der Waals surface area contributed by atoms with Crippen LogP contribution in [0.15, 0.2) is 0 Å². The van der Waals surface area contributed by atoms with E-state index in [4.69, 9.17) is 9.84 Å². The van der Waals surface area contributed by atoms with Crippen LogP contribution in [0.2, 0.25) is 0 Å². The smallest absolute Gasteiger partial charge is 0.308 e. The molecule has 0 aromatic heterocycles. The number of hydrogen-bond acceptors (Lipinski definition) is 3. The van der Waals surface area contributed by atoms with Gasteiger partial charge in [-0.15, -0.1) is 0 Å². The summed E-state index contributed by atoms with van der Waals surface area (Å²) in [6, 6.07) is 0. The van der Waals surface area contributed by atoms with Crippen molar-refractivity contribution in [3.8, 4) is 0 Å². The van der Waals surface area contributed by atoms with Gasteiger partial charge >= 0.3 is 5.97 Å². The van der Waals surface area contributed by atoms with Gasteiger partial charge in [-0.3, -0.25) is 9.59 Å². The van der Waals surface area contributed by atoms with Gasteiger partial charge in [-0.25, -0.2) is 0 Å². The summed E-state index contributed by atoms with van der Waals surface area (Å²) < 4.78 is 5.45. The number of carboxylic acid groups (broad SMARTS) is 1. The van der Waals surface area contributed by atoms with E-state index < -0.39 is 11.9 Å². The summed E-state index contributed by atoms with van der Waals surface area (Å²) in [7, 11) is 0. The molecule has 2 rings (SSSR count). The van der Waals surface area contributed by atoms with E-state index in [1.807, 2.05) is 0 Å². The minimum Gasteiger partial charge on any atom is -0.481 e. The average molecular weight is 241 g/mol. The van der Waals surface area contributed by atoms with Gasteiger partial charge in [0.25, 0.3) is 5.91 Å². The van der Waals surface area contributed by atoms with Crippen molar-refractivity contribution in [3.05, 3.63) is 0 Å². The van der Waals surface area contributed by atoms with E-state index in [9.17, 15) is 9.59 Å². The number of hydrogen-bond donors (Lipinski definition) is 1. The lowest BCUT2D eigenvalue weighted by Gasteiger charge is -2.34. The SMILES string of the molecule is O=C(O)[C@@H]1CCCN(C(=O)[C@H]2CCCCO2)C1. The number of carboxylic acids is 1. The number of piperidine rings is 1. The topological polar surface area (TPSA) is 66.8 Å². The predicted octanol–water partition coefficient (Wildman–Crippen LogP) is 0.879. The van der Waals surface area contributed by atoms with Gasteiger partial charge < -0.3 is 14.7 Å².